The van der Waals surface area contributed by atoms with Crippen LogP contribution in [0.3, 0.4) is 0 Å². The Morgan fingerprint density at radius 2 is 1.78 bits per heavy atom. The number of terminal acetylenes is 1. The number of nitrogens with zero attached hydrogens (tertiary/aromatic N) is 7. The normalized spacial score (nSPS) is 22.1. The van der Waals surface area contributed by atoms with Gasteiger partial charge in [0.1, 0.15) is 11.4 Å². The van der Waals surface area contributed by atoms with Gasteiger partial charge in [0.05, 0.1) is 12.2 Å². The zero-order valence-corrected chi connectivity index (χ0v) is 19.1. The quantitative estimate of drug-likeness (QED) is 0.613. The molecule has 3 fully saturated rings. The number of fused-ring (bicyclic) bond motifs is 4. The van der Waals surface area contributed by atoms with Crippen molar-refractivity contribution in [1.82, 2.24) is 29.5 Å². The Balaban J connectivity index is 0.000000582. The minimum atomic E-state index is -0.451. The van der Waals surface area contributed by atoms with Crippen LogP contribution in [0, 0.1) is 18.8 Å². The van der Waals surface area contributed by atoms with E-state index in [4.69, 9.17) is 25.4 Å². The summed E-state index contributed by atoms with van der Waals surface area (Å²) in [7, 11) is 0. The summed E-state index contributed by atoms with van der Waals surface area (Å²) >= 11 is 0. The molecule has 1 saturated carbocycles. The van der Waals surface area contributed by atoms with Crippen LogP contribution in [0.25, 0.3) is 22.6 Å². The second-order valence-corrected chi connectivity index (χ2v) is 8.46. The summed E-state index contributed by atoms with van der Waals surface area (Å²) in [5, 5.41) is 0. The Kier molecular flexibility index (Phi) is 5.73. The first kappa shape index (κ1) is 22.0. The van der Waals surface area contributed by atoms with Crippen molar-refractivity contribution in [1.29, 1.82) is 0 Å². The smallest absolute Gasteiger partial charge is 0.219 e. The second kappa shape index (κ2) is 8.36. The van der Waals surface area contributed by atoms with Gasteiger partial charge in [0.15, 0.2) is 22.8 Å². The number of nitrogens with two attached hydrogens (primary N) is 1. The molecule has 0 aromatic carbocycles. The molecule has 6 heterocycles. The molecule has 3 aromatic rings. The first-order chi connectivity index (χ1) is 15.5. The third kappa shape index (κ3) is 3.45. The van der Waals surface area contributed by atoms with Gasteiger partial charge < -0.3 is 19.9 Å². The summed E-state index contributed by atoms with van der Waals surface area (Å²) in [5.41, 5.74) is 7.67. The van der Waals surface area contributed by atoms with E-state index in [9.17, 15) is 0 Å². The first-order valence-corrected chi connectivity index (χ1v) is 11.1. The number of rotatable bonds is 2. The van der Waals surface area contributed by atoms with Crippen LogP contribution in [-0.2, 0) is 16.9 Å². The van der Waals surface area contributed by atoms with Gasteiger partial charge in [-0.05, 0) is 32.6 Å². The van der Waals surface area contributed by atoms with Crippen molar-refractivity contribution in [3.8, 4) is 24.2 Å². The number of hydrogen-bond acceptors (Lipinski definition) is 8. The monoisotopic (exact) mass is 434 g/mol. The minimum Gasteiger partial charge on any atom is -0.368 e. The molecule has 2 N–H and O–H groups in total. The lowest BCUT2D eigenvalue weighted by atomic mass is 9.86. The molecule has 7 rings (SSSR count). The SMILES string of the molecule is C#C.CC.CC1(C)OCCn2c1nc1c(N3CC4CC3C4)nc(-c3cnc(N)nc3)nc12. The zero-order chi connectivity index (χ0) is 23.0. The van der Waals surface area contributed by atoms with Gasteiger partial charge in [0.2, 0.25) is 5.95 Å². The fourth-order valence-electron chi connectivity index (χ4n) is 4.69. The Labute approximate surface area is 188 Å². The molecule has 0 spiro atoms. The molecule has 3 aromatic heterocycles. The minimum absolute atomic E-state index is 0.242. The molecule has 2 saturated heterocycles. The van der Waals surface area contributed by atoms with E-state index >= 15 is 0 Å². The molecule has 0 atom stereocenters. The van der Waals surface area contributed by atoms with Crippen molar-refractivity contribution < 1.29 is 4.74 Å². The van der Waals surface area contributed by atoms with Gasteiger partial charge in [-0.2, -0.15) is 0 Å². The van der Waals surface area contributed by atoms with Gasteiger partial charge in [0.25, 0.3) is 0 Å². The molecular formula is C23H30N8O. The van der Waals surface area contributed by atoms with E-state index in [1.807, 2.05) is 13.8 Å². The molecule has 168 valence electrons. The number of hydrogen-bond donors (Lipinski definition) is 1. The average molecular weight is 435 g/mol. The lowest BCUT2D eigenvalue weighted by Crippen LogP contribution is -2.33. The molecule has 9 nitrogen and oxygen atoms in total. The summed E-state index contributed by atoms with van der Waals surface area (Å²) < 4.78 is 8.14. The van der Waals surface area contributed by atoms with E-state index < -0.39 is 5.60 Å². The summed E-state index contributed by atoms with van der Waals surface area (Å²) in [4.78, 5) is 25.4. The van der Waals surface area contributed by atoms with E-state index in [0.29, 0.717) is 18.5 Å². The van der Waals surface area contributed by atoms with E-state index in [-0.39, 0.29) is 5.95 Å². The topological polar surface area (TPSA) is 108 Å². The van der Waals surface area contributed by atoms with Crippen molar-refractivity contribution in [2.75, 3.05) is 23.8 Å². The van der Waals surface area contributed by atoms with Crippen LogP contribution < -0.4 is 10.6 Å². The van der Waals surface area contributed by atoms with Crippen molar-refractivity contribution >= 4 is 22.9 Å². The largest absolute Gasteiger partial charge is 0.368 e. The Morgan fingerprint density at radius 3 is 2.41 bits per heavy atom. The van der Waals surface area contributed by atoms with Gasteiger partial charge in [-0.1, -0.05) is 13.8 Å². The molecule has 0 amide bonds. The summed E-state index contributed by atoms with van der Waals surface area (Å²) in [6.45, 7) is 10.5. The highest BCUT2D eigenvalue weighted by Crippen LogP contribution is 2.45. The van der Waals surface area contributed by atoms with Crippen LogP contribution in [0.1, 0.15) is 46.4 Å². The van der Waals surface area contributed by atoms with Gasteiger partial charge in [-0.15, -0.1) is 12.8 Å². The van der Waals surface area contributed by atoms with E-state index in [1.54, 1.807) is 12.4 Å². The highest BCUT2D eigenvalue weighted by molar-refractivity contribution is 5.87. The highest BCUT2D eigenvalue weighted by atomic mass is 16.5. The van der Waals surface area contributed by atoms with E-state index in [1.165, 1.54) is 12.8 Å². The fourth-order valence-corrected chi connectivity index (χ4v) is 4.69. The van der Waals surface area contributed by atoms with Gasteiger partial charge >= 0.3 is 0 Å². The molecule has 0 radical (unpaired) electrons. The third-order valence-electron chi connectivity index (χ3n) is 6.20. The first-order valence-electron chi connectivity index (χ1n) is 11.1. The molecule has 9 heteroatoms. The van der Waals surface area contributed by atoms with Crippen LogP contribution in [0.5, 0.6) is 0 Å². The van der Waals surface area contributed by atoms with Crippen LogP contribution in [-0.4, -0.2) is 48.7 Å². The molecule has 0 unspecified atom stereocenters. The van der Waals surface area contributed by atoms with Gasteiger partial charge in [-0.3, -0.25) is 0 Å². The van der Waals surface area contributed by atoms with Crippen molar-refractivity contribution in [3.63, 3.8) is 0 Å². The van der Waals surface area contributed by atoms with Gasteiger partial charge in [-0.25, -0.2) is 24.9 Å². The maximum Gasteiger partial charge on any atom is 0.219 e. The Morgan fingerprint density at radius 1 is 1.09 bits per heavy atom. The predicted octanol–water partition coefficient (Wildman–Crippen LogP) is 3.01. The number of ether oxygens (including phenoxy) is 1. The van der Waals surface area contributed by atoms with E-state index in [2.05, 4.69) is 46.1 Å². The van der Waals surface area contributed by atoms with Crippen LogP contribution in [0.2, 0.25) is 0 Å². The summed E-state index contributed by atoms with van der Waals surface area (Å²) in [5.74, 6) is 3.45. The molecule has 4 aliphatic rings. The number of aromatic nitrogens is 6. The lowest BCUT2D eigenvalue weighted by molar-refractivity contribution is -0.0530. The van der Waals surface area contributed by atoms with Gasteiger partial charge in [0, 0.05) is 31.5 Å². The second-order valence-electron chi connectivity index (χ2n) is 8.46. The fraction of sp³-hybridized carbons (Fsp3) is 0.522. The molecule has 32 heavy (non-hydrogen) atoms. The van der Waals surface area contributed by atoms with Crippen molar-refractivity contribution in [3.05, 3.63) is 18.2 Å². The standard InChI is InChI=1S/C19H22N8O.C2H6.C2H2/c1-19(2)17-23-13-15(26(17)3-4-28-19)24-14(11-7-21-18(20)22-8-11)25-16(13)27-9-10-5-12(27)6-10;2*1-2/h7-8,10,12H,3-6,9H2,1-2H3,(H2,20,21,22);1-2H3;1-2H. The Bertz CT molecular complexity index is 1130. The Hall–Kier alpha value is -3.25. The van der Waals surface area contributed by atoms with E-state index in [0.717, 1.165) is 47.4 Å². The lowest BCUT2D eigenvalue weighted by Gasteiger charge is -2.30. The molecule has 1 aliphatic carbocycles. The highest BCUT2D eigenvalue weighted by Gasteiger charge is 2.45. The van der Waals surface area contributed by atoms with Crippen LogP contribution >= 0.6 is 0 Å². The molecule has 2 bridgehead atoms. The maximum atomic E-state index is 5.97. The predicted molar refractivity (Wildman–Crippen MR) is 125 cm³/mol. The zero-order valence-electron chi connectivity index (χ0n) is 19.1. The number of anilines is 2. The van der Waals surface area contributed by atoms with Crippen LogP contribution in [0.4, 0.5) is 11.8 Å². The summed E-state index contributed by atoms with van der Waals surface area (Å²) in [6, 6.07) is 0.557. The van der Waals surface area contributed by atoms with Crippen LogP contribution in [0.15, 0.2) is 12.4 Å². The third-order valence-corrected chi connectivity index (χ3v) is 6.20. The molecular weight excluding hydrogens is 404 g/mol. The average Bonchev–Trinajstić information content (AvgIpc) is 3.49. The van der Waals surface area contributed by atoms with Crippen molar-refractivity contribution in [2.24, 2.45) is 5.92 Å². The number of imidazole rings is 1. The number of nitrogen functional groups attached to an aromatic ring is 1. The maximum absolute atomic E-state index is 5.97. The van der Waals surface area contributed by atoms with Crippen molar-refractivity contribution in [2.45, 2.75) is 58.7 Å². The summed E-state index contributed by atoms with van der Waals surface area (Å²) in [6.07, 6.45) is 13.8. The molecule has 3 aliphatic heterocycles.